The monoisotopic (exact) mass is 434 g/mol. The summed E-state index contributed by atoms with van der Waals surface area (Å²) < 4.78 is 5.61. The Morgan fingerprint density at radius 1 is 1.28 bits per heavy atom. The molecule has 0 saturated heterocycles. The second-order valence-corrected chi connectivity index (χ2v) is 8.61. The number of nitrogens with zero attached hydrogens (tertiary/aromatic N) is 3. The summed E-state index contributed by atoms with van der Waals surface area (Å²) in [6, 6.07) is 4.35. The van der Waals surface area contributed by atoms with Gasteiger partial charge in [-0.25, -0.2) is 4.98 Å². The molecule has 1 aliphatic carbocycles. The molecular weight excluding hydrogens is 404 g/mol. The minimum absolute atomic E-state index is 0.189. The maximum Gasteiger partial charge on any atom is 0.254 e. The van der Waals surface area contributed by atoms with Gasteiger partial charge in [0.25, 0.3) is 5.91 Å². The van der Waals surface area contributed by atoms with E-state index in [0.717, 1.165) is 56.6 Å². The summed E-state index contributed by atoms with van der Waals surface area (Å²) in [5, 5.41) is 6.65. The van der Waals surface area contributed by atoms with Crippen molar-refractivity contribution in [3.8, 4) is 18.1 Å². The van der Waals surface area contributed by atoms with Gasteiger partial charge in [0.05, 0.1) is 18.4 Å². The van der Waals surface area contributed by atoms with Crippen molar-refractivity contribution in [1.82, 2.24) is 14.9 Å². The third kappa shape index (κ3) is 4.78. The Morgan fingerprint density at radius 2 is 2.06 bits per heavy atom. The number of benzene rings is 1. The number of hydrogen-bond donors (Lipinski definition) is 3. The Morgan fingerprint density at radius 3 is 2.75 bits per heavy atom. The molecule has 168 valence electrons. The molecule has 2 aliphatic rings. The molecule has 2 heterocycles. The number of carbonyl (C=O) groups is 1. The highest BCUT2D eigenvalue weighted by atomic mass is 16.5. The Hall–Kier alpha value is -3.31. The predicted molar refractivity (Wildman–Crippen MR) is 125 cm³/mol. The highest BCUT2D eigenvalue weighted by Gasteiger charge is 2.23. The number of ether oxygens (including phenoxy) is 1. The Labute approximate surface area is 188 Å². The second-order valence-electron chi connectivity index (χ2n) is 8.61. The van der Waals surface area contributed by atoms with Gasteiger partial charge in [-0.05, 0) is 62.4 Å². The number of primary amides is 1. The van der Waals surface area contributed by atoms with Gasteiger partial charge in [0.1, 0.15) is 11.6 Å². The van der Waals surface area contributed by atoms with Crippen LogP contribution < -0.4 is 21.1 Å². The van der Waals surface area contributed by atoms with Crippen LogP contribution in [-0.2, 0) is 13.0 Å². The van der Waals surface area contributed by atoms with Crippen LogP contribution in [0.1, 0.15) is 47.2 Å². The van der Waals surface area contributed by atoms with E-state index in [1.54, 1.807) is 7.11 Å². The van der Waals surface area contributed by atoms with E-state index in [4.69, 9.17) is 16.9 Å². The standard InChI is InChI=1S/C24H30N6O2/c1-4-15-5-7-18(8-6-15)27-23-19(22(25)31)13-26-24(29-23)28-20-11-17-14-30(2)10-9-16(17)12-21(20)32-3/h1,11-13,15,18H,5-10,14H2,2-3H3,(H2,25,31)(H2,26,27,28,29). The largest absolute Gasteiger partial charge is 0.495 e. The molecule has 0 atom stereocenters. The molecule has 0 radical (unpaired) electrons. The van der Waals surface area contributed by atoms with Crippen molar-refractivity contribution in [1.29, 1.82) is 0 Å². The van der Waals surface area contributed by atoms with Gasteiger partial charge in [-0.1, -0.05) is 0 Å². The number of nitrogens with two attached hydrogens (primary N) is 1. The fourth-order valence-electron chi connectivity index (χ4n) is 4.45. The number of methoxy groups -OCH3 is 1. The van der Waals surface area contributed by atoms with E-state index in [2.05, 4.69) is 50.6 Å². The highest BCUT2D eigenvalue weighted by molar-refractivity contribution is 5.97. The fourth-order valence-corrected chi connectivity index (χ4v) is 4.45. The van der Waals surface area contributed by atoms with Gasteiger partial charge in [0, 0.05) is 31.2 Å². The summed E-state index contributed by atoms with van der Waals surface area (Å²) in [5.74, 6) is 4.14. The maximum absolute atomic E-state index is 12.0. The van der Waals surface area contributed by atoms with Crippen molar-refractivity contribution < 1.29 is 9.53 Å². The van der Waals surface area contributed by atoms with Gasteiger partial charge in [0.15, 0.2) is 0 Å². The maximum atomic E-state index is 12.0. The van der Waals surface area contributed by atoms with Crippen LogP contribution in [0, 0.1) is 18.3 Å². The summed E-state index contributed by atoms with van der Waals surface area (Å²) in [5.41, 5.74) is 9.17. The molecule has 8 heteroatoms. The van der Waals surface area contributed by atoms with Crippen LogP contribution in [0.4, 0.5) is 17.5 Å². The molecule has 4 N–H and O–H groups in total. The molecule has 1 fully saturated rings. The molecule has 1 aliphatic heterocycles. The molecule has 2 aromatic rings. The number of rotatable bonds is 6. The number of nitrogens with one attached hydrogen (secondary N) is 2. The number of likely N-dealkylation sites (N-methyl/N-ethyl adjacent to an activating group) is 1. The Bertz CT molecular complexity index is 1040. The summed E-state index contributed by atoms with van der Waals surface area (Å²) in [4.78, 5) is 23.1. The van der Waals surface area contributed by atoms with Crippen LogP contribution in [0.5, 0.6) is 5.75 Å². The van der Waals surface area contributed by atoms with Gasteiger partial charge in [-0.2, -0.15) is 4.98 Å². The van der Waals surface area contributed by atoms with E-state index >= 15 is 0 Å². The van der Waals surface area contributed by atoms with Crippen LogP contribution in [0.15, 0.2) is 18.3 Å². The number of aromatic nitrogens is 2. The molecule has 1 aromatic heterocycles. The number of anilines is 3. The lowest BCUT2D eigenvalue weighted by atomic mass is 9.86. The Balaban J connectivity index is 1.58. The average Bonchev–Trinajstić information content (AvgIpc) is 2.79. The number of amides is 1. The van der Waals surface area contributed by atoms with Crippen LogP contribution >= 0.6 is 0 Å². The molecule has 8 nitrogen and oxygen atoms in total. The highest BCUT2D eigenvalue weighted by Crippen LogP contribution is 2.33. The smallest absolute Gasteiger partial charge is 0.254 e. The van der Waals surface area contributed by atoms with Crippen molar-refractivity contribution in [3.05, 3.63) is 35.0 Å². The first-order chi connectivity index (χ1) is 15.5. The molecule has 1 amide bonds. The van der Waals surface area contributed by atoms with Crippen molar-refractivity contribution in [2.24, 2.45) is 11.7 Å². The number of carbonyl (C=O) groups excluding carboxylic acids is 1. The van der Waals surface area contributed by atoms with Gasteiger partial charge in [-0.3, -0.25) is 4.79 Å². The van der Waals surface area contributed by atoms with E-state index in [0.29, 0.717) is 17.7 Å². The van der Waals surface area contributed by atoms with E-state index in [1.165, 1.54) is 17.3 Å². The molecular formula is C24H30N6O2. The third-order valence-corrected chi connectivity index (χ3v) is 6.33. The van der Waals surface area contributed by atoms with E-state index in [9.17, 15) is 4.79 Å². The zero-order valence-corrected chi connectivity index (χ0v) is 18.6. The third-order valence-electron chi connectivity index (χ3n) is 6.33. The summed E-state index contributed by atoms with van der Waals surface area (Å²) in [6.45, 7) is 1.90. The zero-order valence-electron chi connectivity index (χ0n) is 18.6. The Kier molecular flexibility index (Phi) is 6.47. The van der Waals surface area contributed by atoms with Crippen molar-refractivity contribution >= 4 is 23.4 Å². The molecule has 32 heavy (non-hydrogen) atoms. The van der Waals surface area contributed by atoms with Crippen molar-refractivity contribution in [3.63, 3.8) is 0 Å². The van der Waals surface area contributed by atoms with Gasteiger partial charge in [-0.15, -0.1) is 12.3 Å². The molecule has 1 aromatic carbocycles. The first kappa shape index (κ1) is 21.9. The second kappa shape index (κ2) is 9.45. The van der Waals surface area contributed by atoms with E-state index < -0.39 is 5.91 Å². The van der Waals surface area contributed by atoms with Crippen molar-refractivity contribution in [2.75, 3.05) is 31.3 Å². The lowest BCUT2D eigenvalue weighted by Gasteiger charge is -2.27. The molecule has 4 rings (SSSR count). The average molecular weight is 435 g/mol. The number of hydrogen-bond acceptors (Lipinski definition) is 7. The van der Waals surface area contributed by atoms with Crippen molar-refractivity contribution in [2.45, 2.75) is 44.7 Å². The normalized spacial score (nSPS) is 20.7. The minimum atomic E-state index is -0.564. The zero-order chi connectivity index (χ0) is 22.7. The fraction of sp³-hybridized carbons (Fsp3) is 0.458. The molecule has 1 saturated carbocycles. The van der Waals surface area contributed by atoms with Gasteiger partial charge < -0.3 is 26.0 Å². The lowest BCUT2D eigenvalue weighted by molar-refractivity contribution is 0.100. The summed E-state index contributed by atoms with van der Waals surface area (Å²) >= 11 is 0. The predicted octanol–water partition coefficient (Wildman–Crippen LogP) is 2.92. The lowest BCUT2D eigenvalue weighted by Crippen LogP contribution is -2.28. The topological polar surface area (TPSA) is 105 Å². The first-order valence-corrected chi connectivity index (χ1v) is 11.0. The summed E-state index contributed by atoms with van der Waals surface area (Å²) in [7, 11) is 3.76. The minimum Gasteiger partial charge on any atom is -0.495 e. The van der Waals surface area contributed by atoms with Crippen LogP contribution in [0.25, 0.3) is 0 Å². The van der Waals surface area contributed by atoms with Crippen LogP contribution in [0.2, 0.25) is 0 Å². The SMILES string of the molecule is C#CC1CCC(Nc2nc(Nc3cc4c(cc3OC)CCN(C)C4)ncc2C(N)=O)CC1. The number of fused-ring (bicyclic) bond motifs is 1. The molecule has 0 spiro atoms. The van der Waals surface area contributed by atoms with Gasteiger partial charge in [0.2, 0.25) is 5.95 Å². The molecule has 0 bridgehead atoms. The van der Waals surface area contributed by atoms with E-state index in [1.807, 2.05) is 0 Å². The quantitative estimate of drug-likeness (QED) is 0.600. The molecule has 0 unspecified atom stereocenters. The number of terminal acetylenes is 1. The van der Waals surface area contributed by atoms with E-state index in [-0.39, 0.29) is 11.6 Å². The van der Waals surface area contributed by atoms with Crippen LogP contribution in [0.3, 0.4) is 0 Å². The van der Waals surface area contributed by atoms with Crippen LogP contribution in [-0.4, -0.2) is 47.5 Å². The first-order valence-electron chi connectivity index (χ1n) is 11.0. The summed E-state index contributed by atoms with van der Waals surface area (Å²) in [6.07, 6.45) is 11.8. The van der Waals surface area contributed by atoms with Gasteiger partial charge >= 0.3 is 0 Å².